The predicted molar refractivity (Wildman–Crippen MR) is 112 cm³/mol. The number of carbonyl (C=O) groups excluding carboxylic acids is 1. The molecule has 0 unspecified atom stereocenters. The monoisotopic (exact) mass is 411 g/mol. The first-order valence-electron chi connectivity index (χ1n) is 9.89. The largest absolute Gasteiger partial charge is 0.321 e. The normalized spacial score (nSPS) is 15.1. The number of benzene rings is 2. The maximum absolute atomic E-state index is 13.1. The Balaban J connectivity index is 1.78. The quantitative estimate of drug-likeness (QED) is 0.773. The summed E-state index contributed by atoms with van der Waals surface area (Å²) in [6.45, 7) is 2.29. The second-order valence-electron chi connectivity index (χ2n) is 7.14. The highest BCUT2D eigenvalue weighted by atomic mass is 32.2. The highest BCUT2D eigenvalue weighted by molar-refractivity contribution is 7.89. The number of carbonyl (C=O) groups is 1. The Morgan fingerprint density at radius 2 is 1.76 bits per heavy atom. The highest BCUT2D eigenvalue weighted by Gasteiger charge is 2.31. The summed E-state index contributed by atoms with van der Waals surface area (Å²) in [4.78, 5) is 12.7. The van der Waals surface area contributed by atoms with Crippen LogP contribution in [0.25, 0.3) is 0 Å². The first-order valence-corrected chi connectivity index (χ1v) is 11.3. The molecule has 1 aliphatic rings. The van der Waals surface area contributed by atoms with Crippen molar-refractivity contribution >= 4 is 21.6 Å². The predicted octanol–water partition coefficient (Wildman–Crippen LogP) is 4.15. The SMILES string of the molecule is CCN(C1CCCCC1)S(=O)(=O)c1ccc(C(=O)Nc2ccccc2C#N)cc1. The van der Waals surface area contributed by atoms with Gasteiger partial charge in [-0.2, -0.15) is 9.57 Å². The Kier molecular flexibility index (Phi) is 6.68. The van der Waals surface area contributed by atoms with Crippen molar-refractivity contribution in [3.8, 4) is 6.07 Å². The second-order valence-corrected chi connectivity index (χ2v) is 9.03. The van der Waals surface area contributed by atoms with Gasteiger partial charge in [0.15, 0.2) is 0 Å². The van der Waals surface area contributed by atoms with Crippen LogP contribution in [0.1, 0.15) is 54.9 Å². The molecule has 0 bridgehead atoms. The van der Waals surface area contributed by atoms with Gasteiger partial charge in [-0.15, -0.1) is 0 Å². The molecular formula is C22H25N3O3S. The number of amides is 1. The van der Waals surface area contributed by atoms with Crippen LogP contribution in [0.2, 0.25) is 0 Å². The van der Waals surface area contributed by atoms with Gasteiger partial charge in [-0.3, -0.25) is 4.79 Å². The molecule has 2 aromatic rings. The number of para-hydroxylation sites is 1. The summed E-state index contributed by atoms with van der Waals surface area (Å²) in [5.74, 6) is -0.392. The number of nitriles is 1. The zero-order chi connectivity index (χ0) is 20.9. The molecule has 0 spiro atoms. The Labute approximate surface area is 172 Å². The van der Waals surface area contributed by atoms with Crippen LogP contribution in [0, 0.1) is 11.3 Å². The number of sulfonamides is 1. The van der Waals surface area contributed by atoms with Crippen molar-refractivity contribution in [3.63, 3.8) is 0 Å². The van der Waals surface area contributed by atoms with E-state index in [4.69, 9.17) is 5.26 Å². The molecule has 29 heavy (non-hydrogen) atoms. The number of hydrogen-bond acceptors (Lipinski definition) is 4. The lowest BCUT2D eigenvalue weighted by molar-refractivity contribution is 0.102. The van der Waals surface area contributed by atoms with E-state index in [-0.39, 0.29) is 10.9 Å². The molecule has 0 aromatic heterocycles. The van der Waals surface area contributed by atoms with E-state index in [1.807, 2.05) is 13.0 Å². The lowest BCUT2D eigenvalue weighted by atomic mass is 9.95. The lowest BCUT2D eigenvalue weighted by Gasteiger charge is -2.32. The molecule has 0 radical (unpaired) electrons. The Morgan fingerprint density at radius 3 is 2.38 bits per heavy atom. The molecule has 1 N–H and O–H groups in total. The molecule has 6 nitrogen and oxygen atoms in total. The summed E-state index contributed by atoms with van der Waals surface area (Å²) >= 11 is 0. The van der Waals surface area contributed by atoms with E-state index in [2.05, 4.69) is 5.32 Å². The van der Waals surface area contributed by atoms with Crippen LogP contribution in [0.15, 0.2) is 53.4 Å². The third kappa shape index (κ3) is 4.66. The van der Waals surface area contributed by atoms with E-state index in [0.29, 0.717) is 23.4 Å². The molecule has 0 heterocycles. The fourth-order valence-electron chi connectivity index (χ4n) is 3.79. The molecule has 3 rings (SSSR count). The standard InChI is InChI=1S/C22H25N3O3S/c1-2-25(19-9-4-3-5-10-19)29(27,28)20-14-12-17(13-15-20)22(26)24-21-11-7-6-8-18(21)16-23/h6-8,11-15,19H,2-5,9-10H2,1H3,(H,24,26). The molecule has 0 aliphatic heterocycles. The zero-order valence-electron chi connectivity index (χ0n) is 16.5. The smallest absolute Gasteiger partial charge is 0.255 e. The number of anilines is 1. The van der Waals surface area contributed by atoms with Crippen LogP contribution in [-0.2, 0) is 10.0 Å². The van der Waals surface area contributed by atoms with Gasteiger partial charge >= 0.3 is 0 Å². The Bertz CT molecular complexity index is 1000. The van der Waals surface area contributed by atoms with Gasteiger partial charge in [0.05, 0.1) is 16.1 Å². The van der Waals surface area contributed by atoms with Gasteiger partial charge in [0.25, 0.3) is 5.91 Å². The fraction of sp³-hybridized carbons (Fsp3) is 0.364. The Morgan fingerprint density at radius 1 is 1.10 bits per heavy atom. The molecule has 0 atom stereocenters. The summed E-state index contributed by atoms with van der Waals surface area (Å²) in [6.07, 6.45) is 5.06. The first kappa shape index (κ1) is 21.0. The number of hydrogen-bond donors (Lipinski definition) is 1. The van der Waals surface area contributed by atoms with Crippen molar-refractivity contribution in [2.24, 2.45) is 0 Å². The van der Waals surface area contributed by atoms with Gasteiger partial charge in [-0.25, -0.2) is 8.42 Å². The second kappa shape index (κ2) is 9.21. The van der Waals surface area contributed by atoms with Crippen molar-refractivity contribution < 1.29 is 13.2 Å². The van der Waals surface area contributed by atoms with Crippen LogP contribution in [0.5, 0.6) is 0 Å². The topological polar surface area (TPSA) is 90.3 Å². The van der Waals surface area contributed by atoms with Crippen LogP contribution in [0.3, 0.4) is 0 Å². The van der Waals surface area contributed by atoms with E-state index in [0.717, 1.165) is 32.1 Å². The van der Waals surface area contributed by atoms with Gasteiger partial charge in [-0.1, -0.05) is 38.3 Å². The molecule has 1 fully saturated rings. The van der Waals surface area contributed by atoms with Crippen LogP contribution < -0.4 is 5.32 Å². The van der Waals surface area contributed by atoms with Gasteiger partial charge in [0.1, 0.15) is 6.07 Å². The minimum atomic E-state index is -3.60. The van der Waals surface area contributed by atoms with Crippen molar-refractivity contribution in [3.05, 3.63) is 59.7 Å². The molecule has 0 saturated heterocycles. The van der Waals surface area contributed by atoms with Gasteiger partial charge in [-0.05, 0) is 49.2 Å². The first-order chi connectivity index (χ1) is 14.0. The third-order valence-corrected chi connectivity index (χ3v) is 7.35. The van der Waals surface area contributed by atoms with Gasteiger partial charge in [0, 0.05) is 18.2 Å². The summed E-state index contributed by atoms with van der Waals surface area (Å²) in [5, 5.41) is 11.8. The molecule has 1 aliphatic carbocycles. The fourth-order valence-corrected chi connectivity index (χ4v) is 5.49. The van der Waals surface area contributed by atoms with Crippen LogP contribution >= 0.6 is 0 Å². The van der Waals surface area contributed by atoms with Crippen LogP contribution in [-0.4, -0.2) is 31.2 Å². The Hall–Kier alpha value is -2.69. The number of nitrogens with zero attached hydrogens (tertiary/aromatic N) is 2. The number of nitrogens with one attached hydrogen (secondary N) is 1. The van der Waals surface area contributed by atoms with Crippen molar-refractivity contribution in [1.29, 1.82) is 5.26 Å². The summed E-state index contributed by atoms with van der Waals surface area (Å²) in [6, 6.07) is 14.8. The third-order valence-electron chi connectivity index (χ3n) is 5.31. The average Bonchev–Trinajstić information content (AvgIpc) is 2.75. The highest BCUT2D eigenvalue weighted by Crippen LogP contribution is 2.28. The number of rotatable bonds is 6. The van der Waals surface area contributed by atoms with Crippen molar-refractivity contribution in [2.45, 2.75) is 50.0 Å². The van der Waals surface area contributed by atoms with E-state index in [9.17, 15) is 13.2 Å². The van der Waals surface area contributed by atoms with E-state index >= 15 is 0 Å². The summed E-state index contributed by atoms with van der Waals surface area (Å²) in [7, 11) is -3.60. The van der Waals surface area contributed by atoms with E-state index in [1.54, 1.807) is 28.6 Å². The molecule has 1 amide bonds. The van der Waals surface area contributed by atoms with Crippen LogP contribution in [0.4, 0.5) is 5.69 Å². The minimum absolute atomic E-state index is 0.0456. The van der Waals surface area contributed by atoms with Gasteiger partial charge < -0.3 is 5.32 Å². The maximum atomic E-state index is 13.1. The van der Waals surface area contributed by atoms with E-state index < -0.39 is 15.9 Å². The average molecular weight is 412 g/mol. The molecule has 152 valence electrons. The van der Waals surface area contributed by atoms with Crippen molar-refractivity contribution in [1.82, 2.24) is 4.31 Å². The lowest BCUT2D eigenvalue weighted by Crippen LogP contribution is -2.41. The van der Waals surface area contributed by atoms with Crippen molar-refractivity contribution in [2.75, 3.05) is 11.9 Å². The molecule has 7 heteroatoms. The minimum Gasteiger partial charge on any atom is -0.321 e. The zero-order valence-corrected chi connectivity index (χ0v) is 17.3. The molecular weight excluding hydrogens is 386 g/mol. The van der Waals surface area contributed by atoms with E-state index in [1.165, 1.54) is 24.3 Å². The molecule has 2 aromatic carbocycles. The summed E-state index contributed by atoms with van der Waals surface area (Å²) < 4.78 is 27.8. The molecule has 1 saturated carbocycles. The maximum Gasteiger partial charge on any atom is 0.255 e. The summed E-state index contributed by atoms with van der Waals surface area (Å²) in [5.41, 5.74) is 1.12. The van der Waals surface area contributed by atoms with Gasteiger partial charge in [0.2, 0.25) is 10.0 Å².